The molecule has 1 unspecified atom stereocenters. The van der Waals surface area contributed by atoms with E-state index in [4.69, 9.17) is 0 Å². The molecule has 10 rings (SSSR count). The number of carbonyl (C=O) groups is 12. The Morgan fingerprint density at radius 2 is 0.763 bits per heavy atom. The summed E-state index contributed by atoms with van der Waals surface area (Å²) in [4.78, 5) is 183. The fourth-order valence-electron chi connectivity index (χ4n) is 16.9. The summed E-state index contributed by atoms with van der Waals surface area (Å²) >= 11 is 0. The molecule has 28 heteroatoms. The van der Waals surface area contributed by atoms with Crippen molar-refractivity contribution >= 4 is 108 Å². The first kappa shape index (κ1) is 92.8. The minimum Gasteiger partial charge on any atom is -0.347 e. The van der Waals surface area contributed by atoms with Crippen LogP contribution in [-0.2, 0) is 62.4 Å². The van der Waals surface area contributed by atoms with Crippen LogP contribution in [0.5, 0.6) is 0 Å². The number of likely N-dealkylation sites (N-methyl/N-ethyl adjacent to an activating group) is 3. The Hall–Kier alpha value is -8.33. The highest BCUT2D eigenvalue weighted by Crippen LogP contribution is 2.39. The number of nitrogens with one attached hydrogen (secondary N) is 10. The SMILES string of the molecule is CN[C@@H](C)C(=O)C[C@H](C(=O)N1C[C@@H](NC(=O)c2cc(C(=O)N[C@H]3C[C@@H](C(=O)N[C@@H]4CCCc5ccccc54)N(C(=O)C(NC(=O)[C@H](C)NC)C(C)(C)C)C3)cc(C(=O)N[C@H]3C[C@@H](C(=O)C[C@@H]4CCCc5ccccc54)N(C(=O)[C@@H](NC(=O)[C@H](C)NC)C(C)(C)C)C3)c2)C[C@H]1C(=O)N[C@@H]1CCCc2ccccc21)C(C)(C)C.Cl.Cl.Cl. The molecule has 6 aliphatic rings. The number of nitrogens with zero attached hydrogens (tertiary/aromatic N) is 3. The smallest absolute Gasteiger partial charge is 0.251 e. The molecule has 0 spiro atoms. The summed E-state index contributed by atoms with van der Waals surface area (Å²) in [5.41, 5.74) is 3.38. The number of hydrogen-bond donors (Lipinski definition) is 10. The van der Waals surface area contributed by atoms with Crippen molar-refractivity contribution in [3.63, 3.8) is 0 Å². The highest BCUT2D eigenvalue weighted by molar-refractivity contribution is 6.06. The molecule has 0 radical (unpaired) electrons. The van der Waals surface area contributed by atoms with Crippen molar-refractivity contribution in [2.75, 3.05) is 40.8 Å². The van der Waals surface area contributed by atoms with Crippen LogP contribution in [0.4, 0.5) is 0 Å². The van der Waals surface area contributed by atoms with E-state index in [0.717, 1.165) is 78.3 Å². The molecular weight excluding hydrogens is 1510 g/mol. The topological polar surface area (TPSA) is 335 Å². The monoisotopic (exact) mass is 1630 g/mol. The number of likely N-dealkylation sites (tertiary alicyclic amines) is 3. The average molecular weight is 1640 g/mol. The van der Waals surface area contributed by atoms with E-state index >= 15 is 38.4 Å². The summed E-state index contributed by atoms with van der Waals surface area (Å²) in [5, 5.41) is 30.4. The van der Waals surface area contributed by atoms with Crippen molar-refractivity contribution in [3.05, 3.63) is 141 Å². The highest BCUT2D eigenvalue weighted by Gasteiger charge is 2.50. The van der Waals surface area contributed by atoms with Crippen LogP contribution in [-0.4, -0.2) is 193 Å². The van der Waals surface area contributed by atoms with E-state index in [9.17, 15) is 19.2 Å². The van der Waals surface area contributed by atoms with Gasteiger partial charge >= 0.3 is 0 Å². The molecule has 0 bridgehead atoms. The number of benzene rings is 4. The summed E-state index contributed by atoms with van der Waals surface area (Å²) in [6, 6.07) is 16.9. The van der Waals surface area contributed by atoms with Gasteiger partial charge in [-0.1, -0.05) is 135 Å². The van der Waals surface area contributed by atoms with Gasteiger partial charge in [0.1, 0.15) is 30.0 Å². The fraction of sp³-hybridized carbons (Fsp3) is 0.581. The van der Waals surface area contributed by atoms with Crippen molar-refractivity contribution < 1.29 is 57.5 Å². The molecule has 4 aromatic rings. The molecular formula is C86H122Cl3N13O12. The van der Waals surface area contributed by atoms with Gasteiger partial charge in [0.2, 0.25) is 41.4 Å². The number of fused-ring (bicyclic) bond motifs is 3. The zero-order chi connectivity index (χ0) is 80.7. The van der Waals surface area contributed by atoms with Gasteiger partial charge in [0.15, 0.2) is 5.78 Å². The molecule has 4 aromatic carbocycles. The summed E-state index contributed by atoms with van der Waals surface area (Å²) in [5.74, 6) is -7.02. The molecule has 3 aliphatic carbocycles. The molecule has 624 valence electrons. The second-order valence-corrected chi connectivity index (χ2v) is 35.0. The lowest BCUT2D eigenvalue weighted by molar-refractivity contribution is -0.146. The van der Waals surface area contributed by atoms with Crippen molar-refractivity contribution in [3.8, 4) is 0 Å². The molecule has 15 atom stereocenters. The number of ketones is 2. The Bertz CT molecular complexity index is 3750. The molecule has 3 saturated heterocycles. The number of carbonyl (C=O) groups excluding carboxylic acids is 12. The minimum atomic E-state index is -1.14. The fourth-order valence-corrected chi connectivity index (χ4v) is 16.9. The van der Waals surface area contributed by atoms with E-state index in [0.29, 0.717) is 12.8 Å². The zero-order valence-electron chi connectivity index (χ0n) is 68.8. The number of amides is 10. The first-order valence-electron chi connectivity index (χ1n) is 40.0. The van der Waals surface area contributed by atoms with E-state index in [1.54, 1.807) is 41.9 Å². The Balaban J connectivity index is 0.00000600. The normalized spacial score (nSPS) is 22.7. The van der Waals surface area contributed by atoms with E-state index in [1.807, 2.05) is 129 Å². The number of halogens is 3. The van der Waals surface area contributed by atoms with Crippen LogP contribution in [0.2, 0.25) is 0 Å². The van der Waals surface area contributed by atoms with Crippen molar-refractivity contribution in [2.45, 2.75) is 257 Å². The summed E-state index contributed by atoms with van der Waals surface area (Å²) in [6.07, 6.45) is 6.94. The van der Waals surface area contributed by atoms with Gasteiger partial charge in [0.25, 0.3) is 17.7 Å². The van der Waals surface area contributed by atoms with Crippen LogP contribution < -0.4 is 53.2 Å². The lowest BCUT2D eigenvalue weighted by atomic mass is 9.76. The molecule has 3 heterocycles. The van der Waals surface area contributed by atoms with Gasteiger partial charge in [-0.05, 0) is 193 Å². The third kappa shape index (κ3) is 22.0. The Morgan fingerprint density at radius 1 is 0.421 bits per heavy atom. The molecule has 10 N–H and O–H groups in total. The maximum absolute atomic E-state index is 15.4. The summed E-state index contributed by atoms with van der Waals surface area (Å²) < 4.78 is 0. The quantitative estimate of drug-likeness (QED) is 0.0284. The minimum absolute atomic E-state index is 0. The third-order valence-electron chi connectivity index (χ3n) is 23.9. The first-order valence-corrected chi connectivity index (χ1v) is 40.0. The Kier molecular flexibility index (Phi) is 32.2. The van der Waals surface area contributed by atoms with Gasteiger partial charge in [-0.15, -0.1) is 37.2 Å². The van der Waals surface area contributed by atoms with Crippen LogP contribution in [0.15, 0.2) is 91.0 Å². The number of hydrogen-bond acceptors (Lipinski definition) is 15. The molecule has 0 aromatic heterocycles. The van der Waals surface area contributed by atoms with Gasteiger partial charge in [0.05, 0.1) is 36.3 Å². The van der Waals surface area contributed by atoms with Gasteiger partial charge < -0.3 is 67.9 Å². The van der Waals surface area contributed by atoms with Gasteiger partial charge in [-0.3, -0.25) is 57.5 Å². The molecule has 3 aliphatic heterocycles. The van der Waals surface area contributed by atoms with E-state index in [-0.39, 0.29) is 135 Å². The second-order valence-electron chi connectivity index (χ2n) is 35.0. The molecule has 3 fully saturated rings. The molecule has 0 saturated carbocycles. The van der Waals surface area contributed by atoms with E-state index in [1.165, 1.54) is 32.9 Å². The second kappa shape index (κ2) is 39.5. The summed E-state index contributed by atoms with van der Waals surface area (Å²) in [7, 11) is 4.92. The van der Waals surface area contributed by atoms with Gasteiger partial charge in [-0.25, -0.2) is 0 Å². The van der Waals surface area contributed by atoms with Crippen LogP contribution in [0.25, 0.3) is 0 Å². The predicted molar refractivity (Wildman–Crippen MR) is 445 cm³/mol. The van der Waals surface area contributed by atoms with Crippen molar-refractivity contribution in [2.24, 2.45) is 22.2 Å². The highest BCUT2D eigenvalue weighted by atomic mass is 35.5. The Morgan fingerprint density at radius 3 is 1.14 bits per heavy atom. The van der Waals surface area contributed by atoms with Gasteiger partial charge in [0, 0.05) is 73.2 Å². The van der Waals surface area contributed by atoms with Crippen LogP contribution in [0.3, 0.4) is 0 Å². The van der Waals surface area contributed by atoms with Crippen molar-refractivity contribution in [1.82, 2.24) is 67.9 Å². The standard InChI is InChI=1S/C86H119N13O12.3ClH/c1-48(87-13)70(100)44-64(84(4,5)6)81(109)98-46-59(42-68(98)79(107)93-65-35-23-29-52-26-17-20-33-62(52)65)91-77(105)56-37-55(76(104)90-58-41-67(71(101)40-54-31-22-28-51-25-16-19-32-61(51)54)97(45-58)82(110)72(85(7,8)9)95-74(102)49(2)88-14)38-57(39-56)78(106)92-60-43-69(80(108)94-66-36-24-30-53-27-18-21-34-63(53)66)99(47-60)83(111)73(86(10,11)12)96-75(103)50(3)89-15;;;/h16-21,25-27,32-34,37-39,48-50,54,58-60,64-69,72-73,87-89H,22-24,28-31,35-36,40-47H2,1-15H3,(H,90,104)(H,91,105)(H,92,106)(H,93,107)(H,94,108)(H,95,102)(H,96,103);3*1H/t48-,49-,50-,54-,58-,59-,60-,64+,65+,66+,67-,68-,69-,72+,73?;;;/m0.../s1. The molecule has 114 heavy (non-hydrogen) atoms. The van der Waals surface area contributed by atoms with Gasteiger partial charge in [-0.2, -0.15) is 0 Å². The maximum atomic E-state index is 15.4. The zero-order valence-corrected chi connectivity index (χ0v) is 71.3. The van der Waals surface area contributed by atoms with E-state index < -0.39 is 148 Å². The number of rotatable bonds is 26. The van der Waals surface area contributed by atoms with E-state index in [2.05, 4.69) is 59.2 Å². The summed E-state index contributed by atoms with van der Waals surface area (Å²) in [6.45, 7) is 21.1. The third-order valence-corrected chi connectivity index (χ3v) is 23.9. The molecule has 10 amide bonds. The van der Waals surface area contributed by atoms with Crippen molar-refractivity contribution in [1.29, 1.82) is 0 Å². The predicted octanol–water partition coefficient (Wildman–Crippen LogP) is 8.02. The lowest BCUT2D eigenvalue weighted by Gasteiger charge is -2.36. The Labute approximate surface area is 690 Å². The largest absolute Gasteiger partial charge is 0.347 e. The first-order chi connectivity index (χ1) is 52.5. The molecule has 25 nitrogen and oxygen atoms in total. The maximum Gasteiger partial charge on any atom is 0.251 e. The number of Topliss-reactive ketones (excluding diaryl/α,β-unsaturated/α-hetero) is 2. The van der Waals surface area contributed by atoms with Crippen LogP contribution in [0, 0.1) is 22.2 Å². The van der Waals surface area contributed by atoms with Crippen LogP contribution >= 0.6 is 37.2 Å². The van der Waals surface area contributed by atoms with Crippen LogP contribution in [0.1, 0.15) is 236 Å². The lowest BCUT2D eigenvalue weighted by Crippen LogP contribution is -2.59. The average Bonchev–Trinajstić information content (AvgIpc) is 1.62. The number of aryl methyl sites for hydroxylation is 3.